The second-order valence-electron chi connectivity index (χ2n) is 6.08. The van der Waals surface area contributed by atoms with Gasteiger partial charge in [-0.2, -0.15) is 0 Å². The molecule has 0 aliphatic heterocycles. The minimum atomic E-state index is -0.500. The van der Waals surface area contributed by atoms with E-state index >= 15 is 0 Å². The molecule has 5 nitrogen and oxygen atoms in total. The molecule has 30 heavy (non-hydrogen) atoms. The van der Waals surface area contributed by atoms with E-state index < -0.39 is 11.6 Å². The van der Waals surface area contributed by atoms with Gasteiger partial charge in [-0.1, -0.05) is 6.07 Å². The Labute approximate surface area is 189 Å². The molecular formula is C21H20F3IN4O. The largest absolute Gasteiger partial charge is 0.439 e. The zero-order valence-electron chi connectivity index (χ0n) is 16.0. The molecule has 3 rings (SSSR count). The van der Waals surface area contributed by atoms with Crippen molar-refractivity contribution in [2.45, 2.75) is 13.1 Å². The molecule has 0 aliphatic rings. The van der Waals surface area contributed by atoms with Crippen LogP contribution in [0.3, 0.4) is 0 Å². The van der Waals surface area contributed by atoms with Crippen LogP contribution >= 0.6 is 24.0 Å². The molecule has 0 saturated heterocycles. The van der Waals surface area contributed by atoms with E-state index in [2.05, 4.69) is 20.6 Å². The molecule has 9 heteroatoms. The molecule has 0 amide bonds. The van der Waals surface area contributed by atoms with E-state index in [1.807, 2.05) is 6.07 Å². The minimum absolute atomic E-state index is 0. The third-order valence-corrected chi connectivity index (χ3v) is 3.97. The standard InChI is InChI=1S/C21H19F3N4O.HI/c1-25-21(28-13-15-10-17(23)5-8-19(15)24)27-12-14-2-9-20(26-11-14)29-18-6-3-16(22)4-7-18;/h2-11H,12-13H2,1H3,(H2,25,27,28);1H. The van der Waals surface area contributed by atoms with Gasteiger partial charge >= 0.3 is 0 Å². The number of aliphatic imine (C=N–C) groups is 1. The van der Waals surface area contributed by atoms with Crippen LogP contribution in [0.25, 0.3) is 0 Å². The molecule has 0 atom stereocenters. The first-order valence-corrected chi connectivity index (χ1v) is 8.80. The Morgan fingerprint density at radius 3 is 2.30 bits per heavy atom. The van der Waals surface area contributed by atoms with Crippen LogP contribution < -0.4 is 15.4 Å². The van der Waals surface area contributed by atoms with Crippen molar-refractivity contribution in [1.82, 2.24) is 15.6 Å². The quantitative estimate of drug-likeness (QED) is 0.275. The van der Waals surface area contributed by atoms with Crippen molar-refractivity contribution < 1.29 is 17.9 Å². The molecule has 2 N–H and O–H groups in total. The maximum atomic E-state index is 13.7. The molecule has 0 saturated carbocycles. The van der Waals surface area contributed by atoms with Crippen molar-refractivity contribution in [3.63, 3.8) is 0 Å². The summed E-state index contributed by atoms with van der Waals surface area (Å²) in [4.78, 5) is 8.26. The zero-order valence-corrected chi connectivity index (χ0v) is 18.4. The number of nitrogens with zero attached hydrogens (tertiary/aromatic N) is 2. The summed E-state index contributed by atoms with van der Waals surface area (Å²) in [5.74, 6) is -0.0342. The Balaban J connectivity index is 0.00000320. The predicted octanol–water partition coefficient (Wildman–Crippen LogP) is 4.77. The summed E-state index contributed by atoms with van der Waals surface area (Å²) in [7, 11) is 1.58. The molecule has 3 aromatic rings. The number of guanidine groups is 1. The lowest BCUT2D eigenvalue weighted by Gasteiger charge is -2.12. The number of ether oxygens (including phenoxy) is 1. The average Bonchev–Trinajstić information content (AvgIpc) is 2.73. The third-order valence-electron chi connectivity index (χ3n) is 3.97. The van der Waals surface area contributed by atoms with Crippen LogP contribution in [-0.4, -0.2) is 18.0 Å². The minimum Gasteiger partial charge on any atom is -0.439 e. The van der Waals surface area contributed by atoms with E-state index in [1.165, 1.54) is 24.3 Å². The molecule has 0 fully saturated rings. The maximum Gasteiger partial charge on any atom is 0.219 e. The van der Waals surface area contributed by atoms with E-state index in [0.29, 0.717) is 24.1 Å². The monoisotopic (exact) mass is 528 g/mol. The summed E-state index contributed by atoms with van der Waals surface area (Å²) in [5, 5.41) is 5.99. The number of hydrogen-bond donors (Lipinski definition) is 2. The fourth-order valence-corrected chi connectivity index (χ4v) is 2.46. The van der Waals surface area contributed by atoms with Gasteiger partial charge in [-0.25, -0.2) is 18.2 Å². The van der Waals surface area contributed by atoms with E-state index in [-0.39, 0.29) is 41.9 Å². The van der Waals surface area contributed by atoms with E-state index in [1.54, 1.807) is 19.3 Å². The molecule has 158 valence electrons. The Morgan fingerprint density at radius 1 is 0.933 bits per heavy atom. The summed E-state index contributed by atoms with van der Waals surface area (Å²) in [5.41, 5.74) is 1.06. The van der Waals surface area contributed by atoms with Gasteiger partial charge in [-0.3, -0.25) is 4.99 Å². The summed E-state index contributed by atoms with van der Waals surface area (Å²) in [6, 6.07) is 12.5. The molecule has 1 heterocycles. The third kappa shape index (κ3) is 6.90. The highest BCUT2D eigenvalue weighted by Crippen LogP contribution is 2.19. The molecule has 0 unspecified atom stereocenters. The van der Waals surface area contributed by atoms with Crippen molar-refractivity contribution in [2.75, 3.05) is 7.05 Å². The Kier molecular flexibility index (Phi) is 8.90. The number of nitrogens with one attached hydrogen (secondary N) is 2. The van der Waals surface area contributed by atoms with E-state index in [4.69, 9.17) is 4.74 Å². The van der Waals surface area contributed by atoms with Crippen LogP contribution in [-0.2, 0) is 13.1 Å². The molecule has 0 spiro atoms. The number of aromatic nitrogens is 1. The lowest BCUT2D eigenvalue weighted by molar-refractivity contribution is 0.461. The number of pyridine rings is 1. The lowest BCUT2D eigenvalue weighted by atomic mass is 10.2. The highest BCUT2D eigenvalue weighted by atomic mass is 127. The number of benzene rings is 2. The van der Waals surface area contributed by atoms with Crippen LogP contribution in [0, 0.1) is 17.5 Å². The van der Waals surface area contributed by atoms with Crippen molar-refractivity contribution in [3.05, 3.63) is 89.4 Å². The smallest absolute Gasteiger partial charge is 0.219 e. The van der Waals surface area contributed by atoms with Crippen LogP contribution in [0.1, 0.15) is 11.1 Å². The first-order chi connectivity index (χ1) is 14.0. The molecule has 1 aromatic heterocycles. The van der Waals surface area contributed by atoms with Crippen LogP contribution in [0.2, 0.25) is 0 Å². The summed E-state index contributed by atoms with van der Waals surface area (Å²) >= 11 is 0. The number of rotatable bonds is 6. The lowest BCUT2D eigenvalue weighted by Crippen LogP contribution is -2.36. The molecule has 2 aromatic carbocycles. The van der Waals surface area contributed by atoms with Crippen molar-refractivity contribution >= 4 is 29.9 Å². The highest BCUT2D eigenvalue weighted by Gasteiger charge is 2.06. The molecular weight excluding hydrogens is 508 g/mol. The summed E-state index contributed by atoms with van der Waals surface area (Å²) in [6.07, 6.45) is 1.63. The van der Waals surface area contributed by atoms with E-state index in [9.17, 15) is 13.2 Å². The SMILES string of the molecule is CN=C(NCc1ccc(Oc2ccc(F)cc2)nc1)NCc1cc(F)ccc1F.I. The second kappa shape index (κ2) is 11.4. The maximum absolute atomic E-state index is 13.7. The van der Waals surface area contributed by atoms with Gasteiger partial charge in [0.05, 0.1) is 0 Å². The zero-order chi connectivity index (χ0) is 20.6. The van der Waals surface area contributed by atoms with Crippen molar-refractivity contribution in [1.29, 1.82) is 0 Å². The Morgan fingerprint density at radius 2 is 1.63 bits per heavy atom. The van der Waals surface area contributed by atoms with Crippen LogP contribution in [0.15, 0.2) is 65.8 Å². The Bertz CT molecular complexity index is 983. The summed E-state index contributed by atoms with van der Waals surface area (Å²) < 4.78 is 45.4. The summed E-state index contributed by atoms with van der Waals surface area (Å²) in [6.45, 7) is 0.501. The number of halogens is 4. The predicted molar refractivity (Wildman–Crippen MR) is 120 cm³/mol. The topological polar surface area (TPSA) is 58.5 Å². The van der Waals surface area contributed by atoms with Crippen molar-refractivity contribution in [3.8, 4) is 11.6 Å². The fraction of sp³-hybridized carbons (Fsp3) is 0.143. The van der Waals surface area contributed by atoms with Gasteiger partial charge in [-0.15, -0.1) is 24.0 Å². The van der Waals surface area contributed by atoms with Gasteiger partial charge < -0.3 is 15.4 Å². The van der Waals surface area contributed by atoms with E-state index in [0.717, 1.165) is 23.8 Å². The fourth-order valence-electron chi connectivity index (χ4n) is 2.46. The van der Waals surface area contributed by atoms with Crippen LogP contribution in [0.5, 0.6) is 11.6 Å². The molecule has 0 bridgehead atoms. The van der Waals surface area contributed by atoms with Gasteiger partial charge in [0, 0.05) is 38.0 Å². The molecule has 0 radical (unpaired) electrons. The van der Waals surface area contributed by atoms with Gasteiger partial charge in [0.15, 0.2) is 5.96 Å². The van der Waals surface area contributed by atoms with Gasteiger partial charge in [0.2, 0.25) is 5.88 Å². The van der Waals surface area contributed by atoms with Gasteiger partial charge in [-0.05, 0) is 48.0 Å². The van der Waals surface area contributed by atoms with Gasteiger partial charge in [0.1, 0.15) is 23.2 Å². The average molecular weight is 528 g/mol. The molecule has 0 aliphatic carbocycles. The Hall–Kier alpha value is -2.82. The highest BCUT2D eigenvalue weighted by molar-refractivity contribution is 14.0. The first kappa shape index (κ1) is 23.5. The second-order valence-corrected chi connectivity index (χ2v) is 6.08. The van der Waals surface area contributed by atoms with Crippen molar-refractivity contribution in [2.24, 2.45) is 4.99 Å². The normalized spacial score (nSPS) is 10.9. The van der Waals surface area contributed by atoms with Crippen LogP contribution in [0.4, 0.5) is 13.2 Å². The first-order valence-electron chi connectivity index (χ1n) is 8.80. The van der Waals surface area contributed by atoms with Gasteiger partial charge in [0.25, 0.3) is 0 Å². The number of hydrogen-bond acceptors (Lipinski definition) is 3.